The Morgan fingerprint density at radius 3 is 2.25 bits per heavy atom. The van der Waals surface area contributed by atoms with E-state index in [1.165, 1.54) is 23.3 Å². The molecule has 0 fully saturated rings. The molecule has 4 aromatic rings. The Hall–Kier alpha value is -3.65. The van der Waals surface area contributed by atoms with Gasteiger partial charge in [0.15, 0.2) is 6.29 Å². The van der Waals surface area contributed by atoms with Gasteiger partial charge >= 0.3 is 6.18 Å². The molecule has 0 saturated carbocycles. The van der Waals surface area contributed by atoms with Crippen molar-refractivity contribution in [3.05, 3.63) is 137 Å². The summed E-state index contributed by atoms with van der Waals surface area (Å²) in [6.45, 7) is 1.42. The van der Waals surface area contributed by atoms with Gasteiger partial charge in [0.1, 0.15) is 5.75 Å². The van der Waals surface area contributed by atoms with E-state index in [0.717, 1.165) is 17.2 Å². The number of aliphatic hydroxyl groups excluding tert-OH is 1. The third kappa shape index (κ3) is 6.73. The zero-order chi connectivity index (χ0) is 28.1. The quantitative estimate of drug-likeness (QED) is 0.229. The highest BCUT2D eigenvalue weighted by molar-refractivity contribution is 5.42. The molecular formula is C33H32F3NO3. The van der Waals surface area contributed by atoms with E-state index in [1.54, 1.807) is 12.1 Å². The van der Waals surface area contributed by atoms with Crippen molar-refractivity contribution in [1.82, 2.24) is 4.90 Å². The van der Waals surface area contributed by atoms with Crippen molar-refractivity contribution in [3.63, 3.8) is 0 Å². The topological polar surface area (TPSA) is 52.9 Å². The first kappa shape index (κ1) is 27.9. The second kappa shape index (κ2) is 12.3. The molecule has 0 spiro atoms. The molecule has 7 heteroatoms. The van der Waals surface area contributed by atoms with E-state index in [0.29, 0.717) is 37.4 Å². The molecule has 0 saturated heterocycles. The fourth-order valence-corrected chi connectivity index (χ4v) is 5.61. The molecule has 208 valence electrons. The fraction of sp³-hybridized carbons (Fsp3) is 0.273. The van der Waals surface area contributed by atoms with E-state index in [1.807, 2.05) is 48.5 Å². The zero-order valence-corrected chi connectivity index (χ0v) is 22.0. The van der Waals surface area contributed by atoms with Gasteiger partial charge in [-0.25, -0.2) is 0 Å². The smallest absolute Gasteiger partial charge is 0.416 e. The van der Waals surface area contributed by atoms with Crippen LogP contribution in [0.15, 0.2) is 103 Å². The summed E-state index contributed by atoms with van der Waals surface area (Å²) in [6.07, 6.45) is -5.09. The average Bonchev–Trinajstić information content (AvgIpc) is 2.94. The van der Waals surface area contributed by atoms with Crippen LogP contribution in [0.3, 0.4) is 0 Å². The Balaban J connectivity index is 1.43. The van der Waals surface area contributed by atoms with Gasteiger partial charge in [-0.2, -0.15) is 13.2 Å². The van der Waals surface area contributed by atoms with Crippen molar-refractivity contribution in [2.24, 2.45) is 0 Å². The molecule has 2 atom stereocenters. The highest BCUT2D eigenvalue weighted by Gasteiger charge is 2.35. The van der Waals surface area contributed by atoms with E-state index in [4.69, 9.17) is 4.74 Å². The van der Waals surface area contributed by atoms with Gasteiger partial charge in [0, 0.05) is 37.9 Å². The fourth-order valence-electron chi connectivity index (χ4n) is 5.61. The molecule has 2 unspecified atom stereocenters. The first-order valence-corrected chi connectivity index (χ1v) is 13.4. The summed E-state index contributed by atoms with van der Waals surface area (Å²) in [7, 11) is 0. The summed E-state index contributed by atoms with van der Waals surface area (Å²) < 4.78 is 46.5. The van der Waals surface area contributed by atoms with Gasteiger partial charge in [0.2, 0.25) is 0 Å². The lowest BCUT2D eigenvalue weighted by molar-refractivity contribution is -0.137. The largest absolute Gasteiger partial charge is 0.494 e. The zero-order valence-electron chi connectivity index (χ0n) is 22.0. The Morgan fingerprint density at radius 1 is 0.800 bits per heavy atom. The monoisotopic (exact) mass is 547 g/mol. The van der Waals surface area contributed by atoms with Crippen molar-refractivity contribution in [1.29, 1.82) is 0 Å². The van der Waals surface area contributed by atoms with E-state index in [-0.39, 0.29) is 18.4 Å². The highest BCUT2D eigenvalue weighted by atomic mass is 19.4. The van der Waals surface area contributed by atoms with Crippen LogP contribution in [0, 0.1) is 0 Å². The van der Waals surface area contributed by atoms with Crippen molar-refractivity contribution in [3.8, 4) is 5.75 Å². The maximum Gasteiger partial charge on any atom is 0.416 e. The van der Waals surface area contributed by atoms with Gasteiger partial charge in [-0.15, -0.1) is 0 Å². The molecule has 40 heavy (non-hydrogen) atoms. The van der Waals surface area contributed by atoms with Crippen LogP contribution in [-0.4, -0.2) is 34.6 Å². The lowest BCUT2D eigenvalue weighted by Gasteiger charge is -2.42. The van der Waals surface area contributed by atoms with Gasteiger partial charge < -0.3 is 14.9 Å². The van der Waals surface area contributed by atoms with Crippen molar-refractivity contribution < 1.29 is 28.1 Å². The van der Waals surface area contributed by atoms with Crippen LogP contribution in [-0.2, 0) is 19.1 Å². The highest BCUT2D eigenvalue weighted by Crippen LogP contribution is 2.42. The molecule has 4 aromatic carbocycles. The SMILES string of the molecule is OC(O)Cc1cccc(OCCC2c3ccccc3C(c3ccccc3)CN2Cc2cccc(C(F)(F)F)c2)c1. The second-order valence-corrected chi connectivity index (χ2v) is 10.2. The third-order valence-corrected chi connectivity index (χ3v) is 7.41. The van der Waals surface area contributed by atoms with E-state index < -0.39 is 18.0 Å². The number of alkyl halides is 3. The van der Waals surface area contributed by atoms with Crippen LogP contribution in [0.2, 0.25) is 0 Å². The number of ether oxygens (including phenoxy) is 1. The van der Waals surface area contributed by atoms with Crippen molar-refractivity contribution >= 4 is 0 Å². The number of hydrogen-bond donors (Lipinski definition) is 2. The second-order valence-electron chi connectivity index (χ2n) is 10.2. The minimum Gasteiger partial charge on any atom is -0.494 e. The molecule has 0 bridgehead atoms. The third-order valence-electron chi connectivity index (χ3n) is 7.41. The molecule has 1 aliphatic heterocycles. The summed E-state index contributed by atoms with van der Waals surface area (Å²) >= 11 is 0. The Labute approximate surface area is 232 Å². The van der Waals surface area contributed by atoms with Crippen molar-refractivity contribution in [2.75, 3.05) is 13.2 Å². The number of benzene rings is 4. The number of fused-ring (bicyclic) bond motifs is 1. The molecule has 0 aliphatic carbocycles. The number of nitrogens with zero attached hydrogens (tertiary/aromatic N) is 1. The van der Waals surface area contributed by atoms with Crippen LogP contribution in [0.25, 0.3) is 0 Å². The van der Waals surface area contributed by atoms with E-state index in [2.05, 4.69) is 29.2 Å². The van der Waals surface area contributed by atoms with Gasteiger partial charge in [0.25, 0.3) is 0 Å². The molecule has 1 heterocycles. The predicted octanol–water partition coefficient (Wildman–Crippen LogP) is 6.72. The Bertz CT molecular complexity index is 1410. The molecule has 0 amide bonds. The number of aliphatic hydroxyl groups is 2. The summed E-state index contributed by atoms with van der Waals surface area (Å²) in [5.41, 5.74) is 4.26. The van der Waals surface area contributed by atoms with E-state index >= 15 is 0 Å². The first-order chi connectivity index (χ1) is 19.3. The van der Waals surface area contributed by atoms with Crippen LogP contribution in [0.4, 0.5) is 13.2 Å². The van der Waals surface area contributed by atoms with Gasteiger partial charge in [0.05, 0.1) is 12.2 Å². The molecule has 0 radical (unpaired) electrons. The Morgan fingerprint density at radius 2 is 1.50 bits per heavy atom. The summed E-state index contributed by atoms with van der Waals surface area (Å²) in [6, 6.07) is 31.3. The number of hydrogen-bond acceptors (Lipinski definition) is 4. The minimum atomic E-state index is -4.40. The Kier molecular flexibility index (Phi) is 8.54. The van der Waals surface area contributed by atoms with E-state index in [9.17, 15) is 23.4 Å². The maximum atomic E-state index is 13.5. The summed E-state index contributed by atoms with van der Waals surface area (Å²) in [5, 5.41) is 18.6. The summed E-state index contributed by atoms with van der Waals surface area (Å²) in [5.74, 6) is 0.718. The van der Waals surface area contributed by atoms with Crippen molar-refractivity contribution in [2.45, 2.75) is 43.8 Å². The summed E-state index contributed by atoms with van der Waals surface area (Å²) in [4.78, 5) is 2.26. The van der Waals surface area contributed by atoms with Gasteiger partial charge in [-0.05, 0) is 46.0 Å². The lowest BCUT2D eigenvalue weighted by atomic mass is 9.80. The molecule has 4 nitrogen and oxygen atoms in total. The molecule has 0 aromatic heterocycles. The normalized spacial score (nSPS) is 17.6. The number of rotatable bonds is 9. The molecule has 1 aliphatic rings. The van der Waals surface area contributed by atoms with Crippen LogP contribution in [0.5, 0.6) is 5.75 Å². The first-order valence-electron chi connectivity index (χ1n) is 13.4. The van der Waals surface area contributed by atoms with Gasteiger partial charge in [-0.1, -0.05) is 84.9 Å². The standard InChI is InChI=1S/C33H32F3NO3/c34-33(35,36)26-12-6-9-24(18-26)21-37-22-30(25-10-2-1-3-11-25)28-14-4-5-15-29(28)31(37)16-17-40-27-13-7-8-23(19-27)20-32(38)39/h1-15,18-19,30-32,38-39H,16-17,20-22H2. The number of halogens is 3. The molecule has 2 N–H and O–H groups in total. The van der Waals surface area contributed by atoms with Crippen LogP contribution < -0.4 is 4.74 Å². The lowest BCUT2D eigenvalue weighted by Crippen LogP contribution is -2.38. The van der Waals surface area contributed by atoms with Gasteiger partial charge in [-0.3, -0.25) is 4.90 Å². The van der Waals surface area contributed by atoms with Crippen LogP contribution in [0.1, 0.15) is 51.8 Å². The maximum absolute atomic E-state index is 13.5. The average molecular weight is 548 g/mol. The molecule has 5 rings (SSSR count). The van der Waals surface area contributed by atoms with Crippen LogP contribution >= 0.6 is 0 Å². The predicted molar refractivity (Wildman–Crippen MR) is 148 cm³/mol. The minimum absolute atomic E-state index is 0.0619. The molecular weight excluding hydrogens is 515 g/mol.